The van der Waals surface area contributed by atoms with Crippen molar-refractivity contribution in [3.05, 3.63) is 35.6 Å². The van der Waals surface area contributed by atoms with E-state index in [1.807, 2.05) is 27.7 Å². The predicted octanol–water partition coefficient (Wildman–Crippen LogP) is 2.33. The lowest BCUT2D eigenvalue weighted by atomic mass is 10.1. The summed E-state index contributed by atoms with van der Waals surface area (Å²) in [5.74, 6) is 0.223. The molecular weight excluding hydrogens is 351 g/mol. The number of nitrogens with zero attached hydrogens (tertiary/aromatic N) is 1. The Hall–Kier alpha value is -2.35. The van der Waals surface area contributed by atoms with Crippen LogP contribution < -0.4 is 16.0 Å². The molecule has 27 heavy (non-hydrogen) atoms. The number of nitrogens with one attached hydrogen (secondary N) is 3. The van der Waals surface area contributed by atoms with Crippen LogP contribution in [0.4, 0.5) is 9.18 Å². The third-order valence-corrected chi connectivity index (χ3v) is 3.34. The van der Waals surface area contributed by atoms with Crippen molar-refractivity contribution in [2.24, 2.45) is 4.99 Å². The SMILES string of the molecule is CCNC(=NCC(O)c1ccc(F)cc1)NCCCNC(=O)OC(C)(C)C. The highest BCUT2D eigenvalue weighted by Crippen LogP contribution is 2.13. The van der Waals surface area contributed by atoms with Crippen LogP contribution in [0.25, 0.3) is 0 Å². The van der Waals surface area contributed by atoms with E-state index in [9.17, 15) is 14.3 Å². The molecule has 1 aromatic rings. The fraction of sp³-hybridized carbons (Fsp3) is 0.579. The van der Waals surface area contributed by atoms with Crippen LogP contribution in [0.3, 0.4) is 0 Å². The molecule has 0 saturated heterocycles. The monoisotopic (exact) mass is 382 g/mol. The average Bonchev–Trinajstić information content (AvgIpc) is 2.58. The molecule has 7 nitrogen and oxygen atoms in total. The zero-order chi connectivity index (χ0) is 20.3. The standard InChI is InChI=1S/C19H31FN4O3/c1-5-21-17(22-11-6-12-23-18(26)27-19(2,3)4)24-13-16(25)14-7-9-15(20)10-8-14/h7-10,16,25H,5-6,11-13H2,1-4H3,(H,23,26)(H2,21,22,24). The third kappa shape index (κ3) is 10.4. The largest absolute Gasteiger partial charge is 0.444 e. The number of aliphatic imine (C=N–C) groups is 1. The van der Waals surface area contributed by atoms with E-state index in [1.54, 1.807) is 0 Å². The molecule has 152 valence electrons. The minimum atomic E-state index is -0.810. The van der Waals surface area contributed by atoms with Gasteiger partial charge in [-0.1, -0.05) is 12.1 Å². The molecule has 1 atom stereocenters. The fourth-order valence-corrected chi connectivity index (χ4v) is 2.11. The number of hydrogen-bond acceptors (Lipinski definition) is 4. The second-order valence-electron chi connectivity index (χ2n) is 7.00. The molecule has 1 rings (SSSR count). The van der Waals surface area contributed by atoms with Gasteiger partial charge >= 0.3 is 6.09 Å². The van der Waals surface area contributed by atoms with Gasteiger partial charge in [-0.25, -0.2) is 9.18 Å². The van der Waals surface area contributed by atoms with Gasteiger partial charge in [-0.15, -0.1) is 0 Å². The molecule has 0 aliphatic carbocycles. The molecule has 0 bridgehead atoms. The van der Waals surface area contributed by atoms with E-state index in [2.05, 4.69) is 20.9 Å². The highest BCUT2D eigenvalue weighted by Gasteiger charge is 2.15. The molecule has 0 fully saturated rings. The van der Waals surface area contributed by atoms with Gasteiger partial charge in [0.2, 0.25) is 0 Å². The average molecular weight is 382 g/mol. The van der Waals surface area contributed by atoms with Crippen LogP contribution in [-0.2, 0) is 4.74 Å². The first-order valence-corrected chi connectivity index (χ1v) is 9.14. The van der Waals surface area contributed by atoms with Crippen LogP contribution in [0.1, 0.15) is 45.8 Å². The zero-order valence-corrected chi connectivity index (χ0v) is 16.5. The number of rotatable bonds is 8. The van der Waals surface area contributed by atoms with Crippen LogP contribution in [0, 0.1) is 5.82 Å². The van der Waals surface area contributed by atoms with E-state index in [4.69, 9.17) is 4.74 Å². The summed E-state index contributed by atoms with van der Waals surface area (Å²) in [4.78, 5) is 15.9. The van der Waals surface area contributed by atoms with Gasteiger partial charge in [0.25, 0.3) is 0 Å². The number of carbonyl (C=O) groups excluding carboxylic acids is 1. The maximum Gasteiger partial charge on any atom is 0.407 e. The highest BCUT2D eigenvalue weighted by atomic mass is 19.1. The number of hydrogen-bond donors (Lipinski definition) is 4. The number of carbonyl (C=O) groups is 1. The Morgan fingerprint density at radius 3 is 2.41 bits per heavy atom. The maximum absolute atomic E-state index is 12.9. The van der Waals surface area contributed by atoms with Crippen molar-refractivity contribution >= 4 is 12.1 Å². The minimum absolute atomic E-state index is 0.150. The second kappa shape index (κ2) is 11.4. The summed E-state index contributed by atoms with van der Waals surface area (Å²) >= 11 is 0. The molecule has 8 heteroatoms. The maximum atomic E-state index is 12.9. The Kier molecular flexibility index (Phi) is 9.56. The summed E-state index contributed by atoms with van der Waals surface area (Å²) in [5.41, 5.74) is 0.0935. The summed E-state index contributed by atoms with van der Waals surface area (Å²) in [7, 11) is 0. The molecule has 0 spiro atoms. The first kappa shape index (κ1) is 22.7. The Labute approximate surface area is 160 Å². The molecule has 0 aliphatic rings. The number of benzene rings is 1. The van der Waals surface area contributed by atoms with Crippen molar-refractivity contribution in [3.63, 3.8) is 0 Å². The predicted molar refractivity (Wildman–Crippen MR) is 104 cm³/mol. The Balaban J connectivity index is 2.37. The molecule has 0 radical (unpaired) electrons. The van der Waals surface area contributed by atoms with E-state index in [1.165, 1.54) is 24.3 Å². The molecular formula is C19H31FN4O3. The number of ether oxygens (including phenoxy) is 1. The quantitative estimate of drug-likeness (QED) is 0.314. The van der Waals surface area contributed by atoms with Gasteiger partial charge in [0.05, 0.1) is 12.6 Å². The Morgan fingerprint density at radius 1 is 1.19 bits per heavy atom. The van der Waals surface area contributed by atoms with E-state index < -0.39 is 17.8 Å². The van der Waals surface area contributed by atoms with E-state index in [-0.39, 0.29) is 12.4 Å². The molecule has 0 saturated carbocycles. The van der Waals surface area contributed by atoms with Crippen molar-refractivity contribution in [2.45, 2.75) is 45.8 Å². The topological polar surface area (TPSA) is 95.0 Å². The molecule has 0 aliphatic heterocycles. The van der Waals surface area contributed by atoms with Crippen molar-refractivity contribution < 1.29 is 19.0 Å². The number of alkyl carbamates (subject to hydrolysis) is 1. The summed E-state index contributed by atoms with van der Waals surface area (Å²) < 4.78 is 18.1. The van der Waals surface area contributed by atoms with Gasteiger partial charge in [0, 0.05) is 19.6 Å². The number of halogens is 1. The number of aliphatic hydroxyl groups excluding tert-OH is 1. The zero-order valence-electron chi connectivity index (χ0n) is 16.5. The van der Waals surface area contributed by atoms with Gasteiger partial charge in [0.15, 0.2) is 5.96 Å². The minimum Gasteiger partial charge on any atom is -0.444 e. The molecule has 0 aromatic heterocycles. The van der Waals surface area contributed by atoms with Gasteiger partial charge in [-0.3, -0.25) is 4.99 Å². The molecule has 1 aromatic carbocycles. The lowest BCUT2D eigenvalue weighted by Crippen LogP contribution is -2.39. The van der Waals surface area contributed by atoms with Crippen LogP contribution >= 0.6 is 0 Å². The normalized spacial score (nSPS) is 13.0. The first-order valence-electron chi connectivity index (χ1n) is 9.14. The van der Waals surface area contributed by atoms with Crippen LogP contribution in [0.5, 0.6) is 0 Å². The second-order valence-corrected chi connectivity index (χ2v) is 7.00. The summed E-state index contributed by atoms with van der Waals surface area (Å²) in [6, 6.07) is 5.70. The summed E-state index contributed by atoms with van der Waals surface area (Å²) in [6.45, 7) is 9.27. The van der Waals surface area contributed by atoms with Crippen LogP contribution in [0.2, 0.25) is 0 Å². The van der Waals surface area contributed by atoms with Gasteiger partial charge in [0.1, 0.15) is 11.4 Å². The third-order valence-electron chi connectivity index (χ3n) is 3.34. The number of aliphatic hydroxyl groups is 1. The highest BCUT2D eigenvalue weighted by molar-refractivity contribution is 5.79. The van der Waals surface area contributed by atoms with Crippen LogP contribution in [0.15, 0.2) is 29.3 Å². The van der Waals surface area contributed by atoms with Crippen molar-refractivity contribution in [1.82, 2.24) is 16.0 Å². The summed E-state index contributed by atoms with van der Waals surface area (Å²) in [6.07, 6.45) is -0.565. The van der Waals surface area contributed by atoms with E-state index in [0.717, 1.165) is 0 Å². The lowest BCUT2D eigenvalue weighted by molar-refractivity contribution is 0.0527. The smallest absolute Gasteiger partial charge is 0.407 e. The first-order chi connectivity index (χ1) is 12.7. The fourth-order valence-electron chi connectivity index (χ4n) is 2.11. The molecule has 4 N–H and O–H groups in total. The van der Waals surface area contributed by atoms with E-state index in [0.29, 0.717) is 37.6 Å². The van der Waals surface area contributed by atoms with Gasteiger partial charge in [-0.2, -0.15) is 0 Å². The van der Waals surface area contributed by atoms with Crippen LogP contribution in [-0.4, -0.2) is 48.9 Å². The molecule has 0 heterocycles. The van der Waals surface area contributed by atoms with Crippen molar-refractivity contribution in [1.29, 1.82) is 0 Å². The van der Waals surface area contributed by atoms with Crippen molar-refractivity contribution in [3.8, 4) is 0 Å². The lowest BCUT2D eigenvalue weighted by Gasteiger charge is -2.19. The number of amides is 1. The van der Waals surface area contributed by atoms with Gasteiger partial charge in [-0.05, 0) is 51.8 Å². The summed E-state index contributed by atoms with van der Waals surface area (Å²) in [5, 5.41) is 19.1. The molecule has 1 unspecified atom stereocenters. The Bertz CT molecular complexity index is 600. The van der Waals surface area contributed by atoms with Gasteiger partial charge < -0.3 is 25.8 Å². The van der Waals surface area contributed by atoms with Crippen molar-refractivity contribution in [2.75, 3.05) is 26.2 Å². The molecule has 1 amide bonds. The number of guanidine groups is 1. The van der Waals surface area contributed by atoms with E-state index >= 15 is 0 Å². The Morgan fingerprint density at radius 2 is 1.81 bits per heavy atom.